The van der Waals surface area contributed by atoms with E-state index < -0.39 is 0 Å². The van der Waals surface area contributed by atoms with Crippen LogP contribution in [0.1, 0.15) is 41.5 Å². The van der Waals surface area contributed by atoms with Crippen LogP contribution in [0.2, 0.25) is 0 Å². The number of nitrogens with one attached hydrogen (secondary N) is 1. The summed E-state index contributed by atoms with van der Waals surface area (Å²) < 4.78 is 3.92. The predicted octanol–water partition coefficient (Wildman–Crippen LogP) is 1.85. The average Bonchev–Trinajstić information content (AvgIpc) is 2.79. The van der Waals surface area contributed by atoms with E-state index in [0.717, 1.165) is 35.0 Å². The largest absolute Gasteiger partial charge is 0.365 e. The van der Waals surface area contributed by atoms with Crippen LogP contribution in [-0.2, 0) is 11.3 Å². The quantitative estimate of drug-likeness (QED) is 0.926. The Kier molecular flexibility index (Phi) is 4.02. The van der Waals surface area contributed by atoms with E-state index in [2.05, 4.69) is 24.9 Å². The Balaban J connectivity index is 1.75. The van der Waals surface area contributed by atoms with Crippen LogP contribution in [0, 0.1) is 13.8 Å². The van der Waals surface area contributed by atoms with Gasteiger partial charge < -0.3 is 10.2 Å². The summed E-state index contributed by atoms with van der Waals surface area (Å²) in [5.74, 6) is 1.56. The van der Waals surface area contributed by atoms with Gasteiger partial charge in [0.1, 0.15) is 11.6 Å². The summed E-state index contributed by atoms with van der Waals surface area (Å²) in [6.07, 6.45) is 0.952. The number of aryl methyl sites for hydroxylation is 2. The molecule has 3 heterocycles. The second-order valence-corrected chi connectivity index (χ2v) is 6.22. The molecule has 1 aliphatic heterocycles. The molecule has 1 N–H and O–H groups in total. The first kappa shape index (κ1) is 14.8. The zero-order valence-electron chi connectivity index (χ0n) is 12.8. The Morgan fingerprint density at radius 1 is 1.45 bits per heavy atom. The zero-order valence-corrected chi connectivity index (χ0v) is 13.6. The summed E-state index contributed by atoms with van der Waals surface area (Å²) in [4.78, 5) is 23.4. The summed E-state index contributed by atoms with van der Waals surface area (Å²) in [6.45, 7) is 6.85. The molecule has 1 saturated heterocycles. The Morgan fingerprint density at radius 2 is 2.27 bits per heavy atom. The average molecular weight is 318 g/mol. The van der Waals surface area contributed by atoms with Gasteiger partial charge in [-0.1, -0.05) is 4.49 Å². The molecule has 1 aliphatic rings. The molecule has 0 bridgehead atoms. The number of hydrogen-bond acceptors (Lipinski definition) is 7. The van der Waals surface area contributed by atoms with Crippen LogP contribution in [0.5, 0.6) is 0 Å². The SMILES string of the molecule is CC(=O)N1CC[C@H]1c1cc(NCc2snnc2C)nc(C)n1. The van der Waals surface area contributed by atoms with Gasteiger partial charge in [0.15, 0.2) is 0 Å². The summed E-state index contributed by atoms with van der Waals surface area (Å²) in [5, 5.41) is 7.29. The van der Waals surface area contributed by atoms with E-state index in [1.807, 2.05) is 24.8 Å². The minimum Gasteiger partial charge on any atom is -0.365 e. The molecule has 3 rings (SSSR count). The van der Waals surface area contributed by atoms with E-state index in [0.29, 0.717) is 12.4 Å². The maximum absolute atomic E-state index is 11.6. The van der Waals surface area contributed by atoms with E-state index in [-0.39, 0.29) is 11.9 Å². The van der Waals surface area contributed by atoms with E-state index in [1.54, 1.807) is 6.92 Å². The van der Waals surface area contributed by atoms with Crippen LogP contribution >= 0.6 is 11.5 Å². The smallest absolute Gasteiger partial charge is 0.220 e. The zero-order chi connectivity index (χ0) is 15.7. The van der Waals surface area contributed by atoms with Crippen molar-refractivity contribution in [1.82, 2.24) is 24.5 Å². The number of nitrogens with zero attached hydrogens (tertiary/aromatic N) is 5. The van der Waals surface area contributed by atoms with E-state index in [1.165, 1.54) is 11.5 Å². The highest BCUT2D eigenvalue weighted by Gasteiger charge is 2.32. The number of carbonyl (C=O) groups is 1. The molecule has 0 unspecified atom stereocenters. The highest BCUT2D eigenvalue weighted by molar-refractivity contribution is 7.05. The number of rotatable bonds is 4. The second-order valence-electron chi connectivity index (χ2n) is 5.38. The lowest BCUT2D eigenvalue weighted by molar-refractivity contribution is -0.136. The van der Waals surface area contributed by atoms with Gasteiger partial charge in [0.25, 0.3) is 0 Å². The Labute approximate surface area is 133 Å². The molecule has 22 heavy (non-hydrogen) atoms. The second kappa shape index (κ2) is 5.96. The van der Waals surface area contributed by atoms with Crippen molar-refractivity contribution in [1.29, 1.82) is 0 Å². The van der Waals surface area contributed by atoms with Crippen LogP contribution in [0.25, 0.3) is 0 Å². The van der Waals surface area contributed by atoms with Gasteiger partial charge >= 0.3 is 0 Å². The number of anilines is 1. The third-order valence-corrected chi connectivity index (χ3v) is 4.62. The van der Waals surface area contributed by atoms with Gasteiger partial charge in [-0.3, -0.25) is 4.79 Å². The Hall–Kier alpha value is -2.09. The summed E-state index contributed by atoms with van der Waals surface area (Å²) in [6, 6.07) is 2.00. The number of likely N-dealkylation sites (tertiary alicyclic amines) is 1. The maximum atomic E-state index is 11.6. The topological polar surface area (TPSA) is 83.9 Å². The van der Waals surface area contributed by atoms with Crippen LogP contribution in [-0.4, -0.2) is 36.9 Å². The van der Waals surface area contributed by atoms with Crippen molar-refractivity contribution in [3.05, 3.63) is 28.2 Å². The molecule has 1 amide bonds. The molecule has 0 radical (unpaired) electrons. The van der Waals surface area contributed by atoms with Crippen molar-refractivity contribution in [3.8, 4) is 0 Å². The lowest BCUT2D eigenvalue weighted by Gasteiger charge is -2.40. The summed E-state index contributed by atoms with van der Waals surface area (Å²) in [5.41, 5.74) is 1.83. The lowest BCUT2D eigenvalue weighted by Crippen LogP contribution is -2.44. The normalized spacial score (nSPS) is 17.2. The molecule has 0 aromatic carbocycles. The number of amides is 1. The molecule has 116 valence electrons. The number of carbonyl (C=O) groups excluding carboxylic acids is 1. The highest BCUT2D eigenvalue weighted by Crippen LogP contribution is 2.32. The molecular formula is C14H18N6OS. The molecular weight excluding hydrogens is 300 g/mol. The van der Waals surface area contributed by atoms with Crippen molar-refractivity contribution in [3.63, 3.8) is 0 Å². The first-order valence-corrected chi connectivity index (χ1v) is 7.96. The lowest BCUT2D eigenvalue weighted by atomic mass is 9.99. The molecule has 0 aliphatic carbocycles. The molecule has 2 aromatic rings. The number of aromatic nitrogens is 4. The Morgan fingerprint density at radius 3 is 2.86 bits per heavy atom. The van der Waals surface area contributed by atoms with Gasteiger partial charge in [0.2, 0.25) is 5.91 Å². The molecule has 1 atom stereocenters. The maximum Gasteiger partial charge on any atom is 0.220 e. The molecule has 0 spiro atoms. The van der Waals surface area contributed by atoms with E-state index in [4.69, 9.17) is 0 Å². The predicted molar refractivity (Wildman–Crippen MR) is 83.5 cm³/mol. The van der Waals surface area contributed by atoms with E-state index >= 15 is 0 Å². The van der Waals surface area contributed by atoms with Gasteiger partial charge in [0.05, 0.1) is 28.9 Å². The summed E-state index contributed by atoms with van der Waals surface area (Å²) >= 11 is 1.38. The fourth-order valence-corrected chi connectivity index (χ4v) is 3.08. The van der Waals surface area contributed by atoms with E-state index in [9.17, 15) is 4.79 Å². The van der Waals surface area contributed by atoms with Crippen LogP contribution in [0.15, 0.2) is 6.07 Å². The molecule has 7 nitrogen and oxygen atoms in total. The monoisotopic (exact) mass is 318 g/mol. The van der Waals surface area contributed by atoms with Gasteiger partial charge in [-0.25, -0.2) is 9.97 Å². The minimum absolute atomic E-state index is 0.0755. The molecule has 1 fully saturated rings. The van der Waals surface area contributed by atoms with Gasteiger partial charge in [-0.15, -0.1) is 5.10 Å². The van der Waals surface area contributed by atoms with Crippen LogP contribution < -0.4 is 5.32 Å². The molecule has 2 aromatic heterocycles. The first-order valence-electron chi connectivity index (χ1n) is 7.19. The fourth-order valence-electron chi connectivity index (χ4n) is 2.51. The van der Waals surface area contributed by atoms with Crippen molar-refractivity contribution in [2.45, 2.75) is 39.8 Å². The standard InChI is InChI=1S/C14H18N6OS/c1-8-13(22-19-18-8)7-15-14-6-11(16-9(2)17-14)12-4-5-20(12)10(3)21/h6,12H,4-5,7H2,1-3H3,(H,15,16,17)/t12-/m0/s1. The summed E-state index contributed by atoms with van der Waals surface area (Å²) in [7, 11) is 0. The van der Waals surface area contributed by atoms with Gasteiger partial charge in [-0.2, -0.15) is 0 Å². The van der Waals surface area contributed by atoms with Crippen LogP contribution in [0.4, 0.5) is 5.82 Å². The Bertz CT molecular complexity index is 700. The van der Waals surface area contributed by atoms with Crippen molar-refractivity contribution in [2.75, 3.05) is 11.9 Å². The highest BCUT2D eigenvalue weighted by atomic mass is 32.1. The van der Waals surface area contributed by atoms with Gasteiger partial charge in [0, 0.05) is 19.5 Å². The van der Waals surface area contributed by atoms with Crippen LogP contribution in [0.3, 0.4) is 0 Å². The van der Waals surface area contributed by atoms with Crippen molar-refractivity contribution >= 4 is 23.3 Å². The molecule has 0 saturated carbocycles. The molecule has 8 heteroatoms. The third kappa shape index (κ3) is 2.92. The van der Waals surface area contributed by atoms with Gasteiger partial charge in [-0.05, 0) is 31.8 Å². The van der Waals surface area contributed by atoms with Crippen molar-refractivity contribution in [2.24, 2.45) is 0 Å². The fraction of sp³-hybridized carbons (Fsp3) is 0.500. The van der Waals surface area contributed by atoms with Crippen molar-refractivity contribution < 1.29 is 4.79 Å². The third-order valence-electron chi connectivity index (χ3n) is 3.80. The number of hydrogen-bond donors (Lipinski definition) is 1. The first-order chi connectivity index (χ1) is 10.5. The minimum atomic E-state index is 0.0755.